The largest absolute Gasteiger partial charge is 0.461 e. The number of nitrogens with zero attached hydrogens (tertiary/aromatic N) is 1. The van der Waals surface area contributed by atoms with Crippen molar-refractivity contribution in [3.63, 3.8) is 0 Å². The number of rotatable bonds is 18. The predicted octanol–water partition coefficient (Wildman–Crippen LogP) is 7.41. The van der Waals surface area contributed by atoms with Crippen molar-refractivity contribution in [3.8, 4) is 0 Å². The van der Waals surface area contributed by atoms with E-state index in [9.17, 15) is 15.0 Å². The maximum Gasteiger partial charge on any atom is 0.333 e. The van der Waals surface area contributed by atoms with Crippen LogP contribution in [0.4, 0.5) is 0 Å². The normalized spacial score (nSPS) is 27.6. The number of fused-ring (bicyclic) bond motifs is 2. The highest BCUT2D eigenvalue weighted by Gasteiger charge is 2.61. The van der Waals surface area contributed by atoms with Gasteiger partial charge in [-0.1, -0.05) is 104 Å². The van der Waals surface area contributed by atoms with Crippen molar-refractivity contribution in [3.05, 3.63) is 0 Å². The molecule has 5 nitrogen and oxygen atoms in total. The lowest BCUT2D eigenvalue weighted by Gasteiger charge is -2.62. The van der Waals surface area contributed by atoms with Crippen molar-refractivity contribution in [2.45, 2.75) is 168 Å². The molecular weight excluding hydrogens is 450 g/mol. The molecule has 0 aromatic carbocycles. The van der Waals surface area contributed by atoms with Crippen LogP contribution >= 0.6 is 0 Å². The van der Waals surface area contributed by atoms with Crippen LogP contribution in [0.15, 0.2) is 4.99 Å². The van der Waals surface area contributed by atoms with Gasteiger partial charge < -0.3 is 14.9 Å². The fraction of sp³-hybridized carbons (Fsp3) is 0.935. The molecular formula is C31H57NO4. The van der Waals surface area contributed by atoms with Gasteiger partial charge in [-0.15, -0.1) is 0 Å². The number of aliphatic imine (C=N–C) groups is 1. The van der Waals surface area contributed by atoms with Crippen molar-refractivity contribution >= 4 is 11.7 Å². The van der Waals surface area contributed by atoms with Crippen molar-refractivity contribution < 1.29 is 19.7 Å². The average Bonchev–Trinajstić information content (AvgIpc) is 2.79. The molecule has 0 aromatic heterocycles. The van der Waals surface area contributed by atoms with Gasteiger partial charge in [0.25, 0.3) is 0 Å². The van der Waals surface area contributed by atoms with Gasteiger partial charge in [-0.2, -0.15) is 0 Å². The van der Waals surface area contributed by atoms with Crippen LogP contribution in [0.5, 0.6) is 0 Å². The zero-order valence-corrected chi connectivity index (χ0v) is 24.4. The molecule has 3 rings (SSSR count). The third kappa shape index (κ3) is 8.82. The average molecular weight is 508 g/mol. The van der Waals surface area contributed by atoms with Crippen LogP contribution in [0.1, 0.15) is 144 Å². The first kappa shape index (κ1) is 31.3. The molecule has 3 aliphatic rings. The molecule has 5 atom stereocenters. The fourth-order valence-corrected chi connectivity index (χ4v) is 6.44. The topological polar surface area (TPSA) is 79.1 Å². The van der Waals surface area contributed by atoms with E-state index in [4.69, 9.17) is 9.73 Å². The Labute approximate surface area is 221 Å². The first-order chi connectivity index (χ1) is 17.0. The van der Waals surface area contributed by atoms with Crippen LogP contribution in [-0.2, 0) is 9.53 Å². The van der Waals surface area contributed by atoms with Crippen molar-refractivity contribution in [1.82, 2.24) is 0 Å². The smallest absolute Gasteiger partial charge is 0.333 e. The third-order valence-corrected chi connectivity index (χ3v) is 9.03. The van der Waals surface area contributed by atoms with Crippen LogP contribution in [0, 0.1) is 17.3 Å². The van der Waals surface area contributed by atoms with Crippen LogP contribution in [0.3, 0.4) is 0 Å². The van der Waals surface area contributed by atoms with E-state index in [0.717, 1.165) is 19.3 Å². The molecule has 3 saturated carbocycles. The second-order valence-electron chi connectivity index (χ2n) is 12.8. The van der Waals surface area contributed by atoms with E-state index < -0.39 is 23.7 Å². The van der Waals surface area contributed by atoms with Gasteiger partial charge in [0.2, 0.25) is 0 Å². The highest BCUT2D eigenvalue weighted by atomic mass is 16.5. The lowest BCUT2D eigenvalue weighted by atomic mass is 9.44. The Balaban J connectivity index is 1.76. The minimum atomic E-state index is -1.04. The fourth-order valence-electron chi connectivity index (χ4n) is 6.44. The van der Waals surface area contributed by atoms with Gasteiger partial charge in [0.15, 0.2) is 6.04 Å². The van der Waals surface area contributed by atoms with Gasteiger partial charge in [0, 0.05) is 5.71 Å². The number of esters is 1. The van der Waals surface area contributed by atoms with Gasteiger partial charge in [0.05, 0.1) is 12.2 Å². The Kier molecular flexibility index (Phi) is 12.9. The zero-order chi connectivity index (χ0) is 26.8. The summed E-state index contributed by atoms with van der Waals surface area (Å²) in [5.74, 6) is 0.137. The Morgan fingerprint density at radius 3 is 1.89 bits per heavy atom. The monoisotopic (exact) mass is 507 g/mol. The van der Waals surface area contributed by atoms with Crippen molar-refractivity contribution in [2.75, 3.05) is 0 Å². The zero-order valence-electron chi connectivity index (χ0n) is 24.4. The number of carbonyl (C=O) groups excluding carboxylic acids is 1. The second-order valence-corrected chi connectivity index (χ2v) is 12.8. The number of ether oxygens (including phenoxy) is 1. The Morgan fingerprint density at radius 2 is 1.44 bits per heavy atom. The number of carbonyl (C=O) groups is 1. The number of aliphatic hydroxyl groups is 2. The van der Waals surface area contributed by atoms with Gasteiger partial charge in [-0.05, 0) is 57.3 Å². The standard InChI is InChI=1S/C31H57NO4/c1-7-8-9-10-11-12-13-14-15-16-17-18-19-20-25(33)28(29(34)36-23(2)3)32-27-22-24-21-26(30(24,4)5)31(27,6)35/h23-26,28,33,35H,7-22H2,1-6H3/b32-27+/t24-,25?,26-,28?,31-/m0/s1. The van der Waals surface area contributed by atoms with E-state index >= 15 is 0 Å². The second kappa shape index (κ2) is 14.9. The van der Waals surface area contributed by atoms with Crippen LogP contribution < -0.4 is 0 Å². The molecule has 210 valence electrons. The van der Waals surface area contributed by atoms with Gasteiger partial charge in [-0.25, -0.2) is 4.79 Å². The maximum absolute atomic E-state index is 12.9. The molecule has 0 aromatic rings. The molecule has 0 spiro atoms. The molecule has 2 bridgehead atoms. The summed E-state index contributed by atoms with van der Waals surface area (Å²) >= 11 is 0. The predicted molar refractivity (Wildman–Crippen MR) is 149 cm³/mol. The highest BCUT2D eigenvalue weighted by Crippen LogP contribution is 2.61. The molecule has 0 heterocycles. The van der Waals surface area contributed by atoms with E-state index in [-0.39, 0.29) is 17.4 Å². The summed E-state index contributed by atoms with van der Waals surface area (Å²) in [6.07, 6.45) is 17.7. The van der Waals surface area contributed by atoms with Crippen molar-refractivity contribution in [1.29, 1.82) is 0 Å². The summed E-state index contributed by atoms with van der Waals surface area (Å²) in [7, 11) is 0. The van der Waals surface area contributed by atoms with Gasteiger partial charge in [-0.3, -0.25) is 4.99 Å². The van der Waals surface area contributed by atoms with Gasteiger partial charge in [0.1, 0.15) is 5.60 Å². The number of unbranched alkanes of at least 4 members (excludes halogenated alkanes) is 12. The minimum absolute atomic E-state index is 0.0870. The molecule has 0 aliphatic heterocycles. The highest BCUT2D eigenvalue weighted by molar-refractivity contribution is 5.96. The lowest BCUT2D eigenvalue weighted by molar-refractivity contribution is -0.152. The third-order valence-electron chi connectivity index (χ3n) is 9.03. The maximum atomic E-state index is 12.9. The number of aliphatic hydroxyl groups excluding tert-OH is 1. The Hall–Kier alpha value is -0.940. The molecule has 3 aliphatic carbocycles. The molecule has 0 radical (unpaired) electrons. The first-order valence-corrected chi connectivity index (χ1v) is 15.2. The first-order valence-electron chi connectivity index (χ1n) is 15.2. The molecule has 0 amide bonds. The minimum Gasteiger partial charge on any atom is -0.461 e. The SMILES string of the molecule is CCCCCCCCCCCCCCCC(O)C(/N=C1\C[C@@H]2C[C@@H](C2(C)C)[C@]1(C)O)C(=O)OC(C)C. The molecule has 0 saturated heterocycles. The molecule has 5 heteroatoms. The summed E-state index contributed by atoms with van der Waals surface area (Å²) in [5, 5.41) is 22.3. The lowest BCUT2D eigenvalue weighted by Crippen LogP contribution is -2.65. The summed E-state index contributed by atoms with van der Waals surface area (Å²) in [4.78, 5) is 17.6. The van der Waals surface area contributed by atoms with Crippen LogP contribution in [-0.4, -0.2) is 45.7 Å². The van der Waals surface area contributed by atoms with Crippen LogP contribution in [0.2, 0.25) is 0 Å². The Morgan fingerprint density at radius 1 is 0.944 bits per heavy atom. The van der Waals surface area contributed by atoms with E-state index in [0.29, 0.717) is 24.5 Å². The number of hydrogen-bond donors (Lipinski definition) is 2. The Bertz CT molecular complexity index is 684. The van der Waals surface area contributed by atoms with Crippen molar-refractivity contribution in [2.24, 2.45) is 22.2 Å². The quantitative estimate of drug-likeness (QED) is 0.150. The summed E-state index contributed by atoms with van der Waals surface area (Å²) in [6, 6.07) is -0.952. The summed E-state index contributed by atoms with van der Waals surface area (Å²) in [6.45, 7) is 12.2. The van der Waals surface area contributed by atoms with E-state index in [1.807, 2.05) is 20.8 Å². The molecule has 2 unspecified atom stereocenters. The molecule has 3 fully saturated rings. The summed E-state index contributed by atoms with van der Waals surface area (Å²) in [5.41, 5.74) is -0.286. The van der Waals surface area contributed by atoms with E-state index in [1.54, 1.807) is 0 Å². The van der Waals surface area contributed by atoms with Crippen LogP contribution in [0.25, 0.3) is 0 Å². The summed E-state index contributed by atoms with van der Waals surface area (Å²) < 4.78 is 5.45. The number of hydrogen-bond acceptors (Lipinski definition) is 5. The molecule has 2 N–H and O–H groups in total. The van der Waals surface area contributed by atoms with E-state index in [2.05, 4.69) is 20.8 Å². The van der Waals surface area contributed by atoms with E-state index in [1.165, 1.54) is 70.6 Å². The molecule has 36 heavy (non-hydrogen) atoms. The van der Waals surface area contributed by atoms with Gasteiger partial charge >= 0.3 is 5.97 Å².